The first-order valence-electron chi connectivity index (χ1n) is 6.06. The lowest BCUT2D eigenvalue weighted by atomic mass is 10.1. The third-order valence-corrected chi connectivity index (χ3v) is 2.43. The molecule has 1 atom stereocenters. The van der Waals surface area contributed by atoms with Gasteiger partial charge in [-0.2, -0.15) is 0 Å². The van der Waals surface area contributed by atoms with Crippen molar-refractivity contribution in [3.05, 3.63) is 30.1 Å². The van der Waals surface area contributed by atoms with Crippen LogP contribution < -0.4 is 5.32 Å². The van der Waals surface area contributed by atoms with E-state index in [-0.39, 0.29) is 0 Å². The molecule has 0 aliphatic heterocycles. The molecule has 1 unspecified atom stereocenters. The Morgan fingerprint density at radius 2 is 2.24 bits per heavy atom. The predicted octanol–water partition coefficient (Wildman–Crippen LogP) is 1.27. The molecule has 0 saturated heterocycles. The molecule has 0 radical (unpaired) electrons. The van der Waals surface area contributed by atoms with Gasteiger partial charge in [0.05, 0.1) is 19.8 Å². The molecule has 1 aromatic heterocycles. The van der Waals surface area contributed by atoms with Crippen molar-refractivity contribution in [1.29, 1.82) is 0 Å². The van der Waals surface area contributed by atoms with Crippen LogP contribution in [0.5, 0.6) is 0 Å². The maximum absolute atomic E-state index is 5.55. The van der Waals surface area contributed by atoms with Gasteiger partial charge in [0.15, 0.2) is 0 Å². The number of nitrogens with zero attached hydrogens (tertiary/aromatic N) is 1. The second-order valence-corrected chi connectivity index (χ2v) is 3.85. The normalized spacial score (nSPS) is 12.6. The first kappa shape index (κ1) is 14.1. The largest absolute Gasteiger partial charge is 0.382 e. The highest BCUT2D eigenvalue weighted by Crippen LogP contribution is 2.00. The molecule has 0 saturated carbocycles. The van der Waals surface area contributed by atoms with Gasteiger partial charge in [0.1, 0.15) is 0 Å². The number of hydrogen-bond acceptors (Lipinski definition) is 4. The van der Waals surface area contributed by atoms with Crippen LogP contribution in [0.2, 0.25) is 0 Å². The fourth-order valence-electron chi connectivity index (χ4n) is 1.62. The molecule has 0 amide bonds. The molecule has 1 aromatic rings. The topological polar surface area (TPSA) is 43.4 Å². The van der Waals surface area contributed by atoms with E-state index in [2.05, 4.69) is 17.2 Å². The average Bonchev–Trinajstić information content (AvgIpc) is 2.36. The number of likely N-dealkylation sites (N-methyl/N-ethyl adjacent to an activating group) is 1. The molecule has 0 spiro atoms. The summed E-state index contributed by atoms with van der Waals surface area (Å²) in [4.78, 5) is 4.32. The molecule has 4 nitrogen and oxygen atoms in total. The monoisotopic (exact) mass is 238 g/mol. The number of ether oxygens (including phenoxy) is 2. The van der Waals surface area contributed by atoms with Crippen molar-refractivity contribution in [2.24, 2.45) is 0 Å². The minimum absolute atomic E-state index is 0.312. The first-order valence-corrected chi connectivity index (χ1v) is 6.06. The fraction of sp³-hybridized carbons (Fsp3) is 0.615. The highest BCUT2D eigenvalue weighted by Gasteiger charge is 2.09. The van der Waals surface area contributed by atoms with Gasteiger partial charge in [-0.15, -0.1) is 0 Å². The molecule has 17 heavy (non-hydrogen) atoms. The number of aromatic nitrogens is 1. The summed E-state index contributed by atoms with van der Waals surface area (Å²) in [6.07, 6.45) is 2.71. The SMILES string of the molecule is CCNC(COCCOC)Cc1ccccn1. The summed E-state index contributed by atoms with van der Waals surface area (Å²) in [6, 6.07) is 6.30. The molecule has 0 bridgehead atoms. The third kappa shape index (κ3) is 6.36. The summed E-state index contributed by atoms with van der Waals surface area (Å²) < 4.78 is 10.5. The van der Waals surface area contributed by atoms with Crippen LogP contribution in [0.15, 0.2) is 24.4 Å². The van der Waals surface area contributed by atoms with Crippen molar-refractivity contribution in [2.75, 3.05) is 33.5 Å². The summed E-state index contributed by atoms with van der Waals surface area (Å²) in [5.41, 5.74) is 1.09. The lowest BCUT2D eigenvalue weighted by molar-refractivity contribution is 0.0588. The van der Waals surface area contributed by atoms with Crippen LogP contribution >= 0.6 is 0 Å². The summed E-state index contributed by atoms with van der Waals surface area (Å²) in [5, 5.41) is 3.40. The maximum Gasteiger partial charge on any atom is 0.0701 e. The van der Waals surface area contributed by atoms with Gasteiger partial charge in [-0.3, -0.25) is 4.98 Å². The Labute approximate surface area is 103 Å². The molecule has 0 fully saturated rings. The fourth-order valence-corrected chi connectivity index (χ4v) is 1.62. The minimum Gasteiger partial charge on any atom is -0.382 e. The smallest absolute Gasteiger partial charge is 0.0701 e. The van der Waals surface area contributed by atoms with E-state index in [1.807, 2.05) is 24.4 Å². The van der Waals surface area contributed by atoms with Crippen molar-refractivity contribution < 1.29 is 9.47 Å². The Morgan fingerprint density at radius 3 is 2.88 bits per heavy atom. The highest BCUT2D eigenvalue weighted by molar-refractivity contribution is 5.05. The van der Waals surface area contributed by atoms with Gasteiger partial charge in [0, 0.05) is 31.5 Å². The van der Waals surface area contributed by atoms with E-state index in [0.717, 1.165) is 18.7 Å². The van der Waals surface area contributed by atoms with Crippen molar-refractivity contribution >= 4 is 0 Å². The maximum atomic E-state index is 5.55. The van der Waals surface area contributed by atoms with Gasteiger partial charge in [-0.25, -0.2) is 0 Å². The zero-order valence-corrected chi connectivity index (χ0v) is 10.7. The molecule has 1 rings (SSSR count). The Hall–Kier alpha value is -0.970. The van der Waals surface area contributed by atoms with Gasteiger partial charge in [-0.05, 0) is 18.7 Å². The van der Waals surface area contributed by atoms with Crippen LogP contribution in [0, 0.1) is 0 Å². The highest BCUT2D eigenvalue weighted by atomic mass is 16.5. The summed E-state index contributed by atoms with van der Waals surface area (Å²) in [6.45, 7) is 5.00. The van der Waals surface area contributed by atoms with Gasteiger partial charge in [-0.1, -0.05) is 13.0 Å². The van der Waals surface area contributed by atoms with Gasteiger partial charge in [0.2, 0.25) is 0 Å². The molecule has 1 N–H and O–H groups in total. The van der Waals surface area contributed by atoms with Crippen LogP contribution in [-0.2, 0) is 15.9 Å². The second kappa shape index (κ2) is 9.10. The number of nitrogens with one attached hydrogen (secondary N) is 1. The minimum atomic E-state index is 0.312. The molecule has 0 aliphatic rings. The average molecular weight is 238 g/mol. The molecule has 4 heteroatoms. The van der Waals surface area contributed by atoms with Gasteiger partial charge < -0.3 is 14.8 Å². The lowest BCUT2D eigenvalue weighted by Gasteiger charge is -2.17. The van der Waals surface area contributed by atoms with E-state index in [1.165, 1.54) is 0 Å². The number of hydrogen-bond donors (Lipinski definition) is 1. The van der Waals surface area contributed by atoms with E-state index in [0.29, 0.717) is 25.9 Å². The molecular weight excluding hydrogens is 216 g/mol. The van der Waals surface area contributed by atoms with E-state index in [1.54, 1.807) is 7.11 Å². The van der Waals surface area contributed by atoms with Crippen LogP contribution in [0.1, 0.15) is 12.6 Å². The van der Waals surface area contributed by atoms with E-state index < -0.39 is 0 Å². The number of rotatable bonds is 9. The standard InChI is InChI=1S/C13H22N2O2/c1-3-14-13(11-17-9-8-16-2)10-12-6-4-5-7-15-12/h4-7,13-14H,3,8-11H2,1-2H3. The zero-order chi connectivity index (χ0) is 12.3. The van der Waals surface area contributed by atoms with Crippen LogP contribution in [0.3, 0.4) is 0 Å². The van der Waals surface area contributed by atoms with Gasteiger partial charge in [0.25, 0.3) is 0 Å². The first-order chi connectivity index (χ1) is 8.36. The summed E-state index contributed by atoms with van der Waals surface area (Å²) in [5.74, 6) is 0. The number of methoxy groups -OCH3 is 1. The molecule has 0 aliphatic carbocycles. The summed E-state index contributed by atoms with van der Waals surface area (Å²) in [7, 11) is 1.68. The Balaban J connectivity index is 2.32. The van der Waals surface area contributed by atoms with Gasteiger partial charge >= 0.3 is 0 Å². The van der Waals surface area contributed by atoms with E-state index in [9.17, 15) is 0 Å². The van der Waals surface area contributed by atoms with Crippen LogP contribution in [0.4, 0.5) is 0 Å². The van der Waals surface area contributed by atoms with Crippen molar-refractivity contribution in [3.8, 4) is 0 Å². The Bertz CT molecular complexity index is 280. The van der Waals surface area contributed by atoms with Crippen molar-refractivity contribution in [3.63, 3.8) is 0 Å². The van der Waals surface area contributed by atoms with Crippen LogP contribution in [-0.4, -0.2) is 44.5 Å². The molecule has 0 aromatic carbocycles. The Morgan fingerprint density at radius 1 is 1.35 bits per heavy atom. The molecular formula is C13H22N2O2. The Kier molecular flexibility index (Phi) is 7.54. The third-order valence-electron chi connectivity index (χ3n) is 2.43. The second-order valence-electron chi connectivity index (χ2n) is 3.85. The summed E-state index contributed by atoms with van der Waals surface area (Å²) >= 11 is 0. The quantitative estimate of drug-likeness (QED) is 0.658. The van der Waals surface area contributed by atoms with Crippen molar-refractivity contribution in [2.45, 2.75) is 19.4 Å². The van der Waals surface area contributed by atoms with Crippen LogP contribution in [0.25, 0.3) is 0 Å². The molecule has 96 valence electrons. The van der Waals surface area contributed by atoms with E-state index in [4.69, 9.17) is 9.47 Å². The number of pyridine rings is 1. The predicted molar refractivity (Wildman–Crippen MR) is 68.1 cm³/mol. The van der Waals surface area contributed by atoms with E-state index >= 15 is 0 Å². The zero-order valence-electron chi connectivity index (χ0n) is 10.7. The molecule has 1 heterocycles. The lowest BCUT2D eigenvalue weighted by Crippen LogP contribution is -2.35. The van der Waals surface area contributed by atoms with Crippen molar-refractivity contribution in [1.82, 2.24) is 10.3 Å².